The Morgan fingerprint density at radius 1 is 1.42 bits per heavy atom. The minimum atomic E-state index is -1.00. The zero-order valence-corrected chi connectivity index (χ0v) is 11.1. The average Bonchev–Trinajstić information content (AvgIpc) is 2.40. The first-order valence-corrected chi connectivity index (χ1v) is 5.86. The molecule has 1 aliphatic rings. The van der Waals surface area contributed by atoms with Gasteiger partial charge in [-0.05, 0) is 12.1 Å². The second-order valence-corrected chi connectivity index (χ2v) is 4.45. The molecule has 1 aromatic rings. The summed E-state index contributed by atoms with van der Waals surface area (Å²) in [7, 11) is 4.90. The second-order valence-electron chi connectivity index (χ2n) is 4.45. The summed E-state index contributed by atoms with van der Waals surface area (Å²) in [6, 6.07) is 4.68. The molecule has 1 atom stereocenters. The molecular formula is C13H16N2O4. The molecule has 1 N–H and O–H groups in total. The van der Waals surface area contributed by atoms with Crippen molar-refractivity contribution >= 4 is 23.3 Å². The highest BCUT2D eigenvalue weighted by Crippen LogP contribution is 2.41. The summed E-state index contributed by atoms with van der Waals surface area (Å²) in [6.07, 6.45) is -0.239. The number of carboxylic acid groups (broad SMARTS) is 1. The van der Waals surface area contributed by atoms with Gasteiger partial charge in [-0.25, -0.2) is 0 Å². The van der Waals surface area contributed by atoms with Crippen LogP contribution in [0.2, 0.25) is 0 Å². The molecule has 1 aliphatic heterocycles. The Labute approximate surface area is 111 Å². The van der Waals surface area contributed by atoms with Crippen LogP contribution >= 0.6 is 0 Å². The SMILES string of the molecule is COc1cccc2c1N(C)C(CC(=O)O)C(=O)N2C. The van der Waals surface area contributed by atoms with E-state index in [0.29, 0.717) is 11.4 Å². The molecule has 0 saturated carbocycles. The van der Waals surface area contributed by atoms with Crippen molar-refractivity contribution in [3.8, 4) is 5.75 Å². The lowest BCUT2D eigenvalue weighted by Crippen LogP contribution is -2.51. The van der Waals surface area contributed by atoms with Gasteiger partial charge in [0.15, 0.2) is 0 Å². The maximum atomic E-state index is 12.2. The third-order valence-electron chi connectivity index (χ3n) is 3.36. The van der Waals surface area contributed by atoms with Crippen molar-refractivity contribution in [1.29, 1.82) is 0 Å². The Balaban J connectivity index is 2.52. The minimum Gasteiger partial charge on any atom is -0.495 e. The molecule has 2 rings (SSSR count). The molecule has 0 bridgehead atoms. The average molecular weight is 264 g/mol. The van der Waals surface area contributed by atoms with E-state index in [9.17, 15) is 9.59 Å². The van der Waals surface area contributed by atoms with Gasteiger partial charge >= 0.3 is 5.97 Å². The van der Waals surface area contributed by atoms with Gasteiger partial charge in [-0.15, -0.1) is 0 Å². The molecule has 1 heterocycles. The highest BCUT2D eigenvalue weighted by Gasteiger charge is 2.37. The number of benzene rings is 1. The Hall–Kier alpha value is -2.24. The number of rotatable bonds is 3. The normalized spacial score (nSPS) is 18.3. The fourth-order valence-corrected chi connectivity index (χ4v) is 2.35. The molecule has 1 amide bonds. The third kappa shape index (κ3) is 2.09. The van der Waals surface area contributed by atoms with Gasteiger partial charge in [0.05, 0.1) is 19.2 Å². The quantitative estimate of drug-likeness (QED) is 0.880. The Morgan fingerprint density at radius 2 is 2.11 bits per heavy atom. The predicted octanol–water partition coefficient (Wildman–Crippen LogP) is 0.951. The van der Waals surface area contributed by atoms with Crippen molar-refractivity contribution in [2.45, 2.75) is 12.5 Å². The van der Waals surface area contributed by atoms with Crippen LogP contribution in [-0.4, -0.2) is 44.2 Å². The summed E-state index contributed by atoms with van der Waals surface area (Å²) in [5, 5.41) is 8.93. The van der Waals surface area contributed by atoms with Crippen LogP contribution in [0.15, 0.2) is 18.2 Å². The van der Waals surface area contributed by atoms with Gasteiger partial charge in [-0.2, -0.15) is 0 Å². The molecule has 1 aromatic carbocycles. The first kappa shape index (κ1) is 13.2. The van der Waals surface area contributed by atoms with Crippen LogP contribution in [0.3, 0.4) is 0 Å². The van der Waals surface area contributed by atoms with Crippen molar-refractivity contribution in [3.63, 3.8) is 0 Å². The predicted molar refractivity (Wildman–Crippen MR) is 70.8 cm³/mol. The number of anilines is 2. The first-order chi connectivity index (χ1) is 8.97. The standard InChI is InChI=1S/C13H16N2O4/c1-14-9(7-11(16)17)13(18)15(2)8-5-4-6-10(19-3)12(8)14/h4-6,9H,7H2,1-3H3,(H,16,17). The molecule has 1 unspecified atom stereocenters. The topological polar surface area (TPSA) is 70.1 Å². The van der Waals surface area contributed by atoms with Gasteiger partial charge in [-0.3, -0.25) is 9.59 Å². The van der Waals surface area contributed by atoms with Crippen molar-refractivity contribution < 1.29 is 19.4 Å². The highest BCUT2D eigenvalue weighted by atomic mass is 16.5. The fraction of sp³-hybridized carbons (Fsp3) is 0.385. The number of aliphatic carboxylic acids is 1. The van der Waals surface area contributed by atoms with Crippen LogP contribution in [0, 0.1) is 0 Å². The van der Waals surface area contributed by atoms with Crippen molar-refractivity contribution in [1.82, 2.24) is 0 Å². The van der Waals surface area contributed by atoms with E-state index in [1.165, 1.54) is 4.90 Å². The monoisotopic (exact) mass is 264 g/mol. The number of ether oxygens (including phenoxy) is 1. The number of amides is 1. The Kier molecular flexibility index (Phi) is 3.33. The van der Waals surface area contributed by atoms with Gasteiger partial charge in [0.1, 0.15) is 17.5 Å². The van der Waals surface area contributed by atoms with E-state index in [1.807, 2.05) is 6.07 Å². The van der Waals surface area contributed by atoms with E-state index in [-0.39, 0.29) is 12.3 Å². The van der Waals surface area contributed by atoms with Crippen LogP contribution in [0.1, 0.15) is 6.42 Å². The summed E-state index contributed by atoms with van der Waals surface area (Å²) in [5.41, 5.74) is 1.45. The number of carboxylic acids is 1. The lowest BCUT2D eigenvalue weighted by molar-refractivity contribution is -0.139. The maximum Gasteiger partial charge on any atom is 0.305 e. The van der Waals surface area contributed by atoms with Crippen molar-refractivity contribution in [2.75, 3.05) is 31.0 Å². The Bertz CT molecular complexity index is 529. The van der Waals surface area contributed by atoms with E-state index < -0.39 is 12.0 Å². The molecule has 6 heteroatoms. The van der Waals surface area contributed by atoms with Crippen LogP contribution in [0.5, 0.6) is 5.75 Å². The van der Waals surface area contributed by atoms with Gasteiger partial charge in [0, 0.05) is 14.1 Å². The number of nitrogens with zero attached hydrogens (tertiary/aromatic N) is 2. The zero-order valence-electron chi connectivity index (χ0n) is 11.1. The molecule has 0 aromatic heterocycles. The van der Waals surface area contributed by atoms with Crippen molar-refractivity contribution in [3.05, 3.63) is 18.2 Å². The zero-order chi connectivity index (χ0) is 14.2. The molecule has 102 valence electrons. The number of hydrogen-bond donors (Lipinski definition) is 1. The molecule has 0 spiro atoms. The number of hydrogen-bond acceptors (Lipinski definition) is 4. The van der Waals surface area contributed by atoms with E-state index >= 15 is 0 Å². The van der Waals surface area contributed by atoms with Crippen LogP contribution in [0.25, 0.3) is 0 Å². The van der Waals surface area contributed by atoms with Crippen molar-refractivity contribution in [2.24, 2.45) is 0 Å². The summed E-state index contributed by atoms with van der Waals surface area (Å²) < 4.78 is 5.29. The fourth-order valence-electron chi connectivity index (χ4n) is 2.35. The third-order valence-corrected chi connectivity index (χ3v) is 3.36. The number of fused-ring (bicyclic) bond motifs is 1. The summed E-state index contributed by atoms with van der Waals surface area (Å²) in [6.45, 7) is 0. The summed E-state index contributed by atoms with van der Waals surface area (Å²) in [4.78, 5) is 26.3. The summed E-state index contributed by atoms with van der Waals surface area (Å²) >= 11 is 0. The largest absolute Gasteiger partial charge is 0.495 e. The molecule has 0 radical (unpaired) electrons. The first-order valence-electron chi connectivity index (χ1n) is 5.86. The number of carbonyl (C=O) groups excluding carboxylic acids is 1. The van der Waals surface area contributed by atoms with Gasteiger partial charge in [0.2, 0.25) is 5.91 Å². The van der Waals surface area contributed by atoms with Gasteiger partial charge < -0.3 is 19.6 Å². The lowest BCUT2D eigenvalue weighted by Gasteiger charge is -2.39. The smallest absolute Gasteiger partial charge is 0.305 e. The summed E-state index contributed by atoms with van der Waals surface area (Å²) in [5.74, 6) is -0.614. The Morgan fingerprint density at radius 3 is 2.68 bits per heavy atom. The van der Waals surface area contributed by atoms with E-state index in [4.69, 9.17) is 9.84 Å². The van der Waals surface area contributed by atoms with Crippen LogP contribution in [-0.2, 0) is 9.59 Å². The molecule has 19 heavy (non-hydrogen) atoms. The maximum absolute atomic E-state index is 12.2. The number of likely N-dealkylation sites (N-methyl/N-ethyl adjacent to an activating group) is 2. The minimum absolute atomic E-state index is 0.231. The van der Waals surface area contributed by atoms with E-state index in [1.54, 1.807) is 38.2 Å². The van der Waals surface area contributed by atoms with Gasteiger partial charge in [-0.1, -0.05) is 6.07 Å². The van der Waals surface area contributed by atoms with Crippen LogP contribution < -0.4 is 14.5 Å². The molecule has 6 nitrogen and oxygen atoms in total. The van der Waals surface area contributed by atoms with E-state index in [0.717, 1.165) is 5.69 Å². The number of methoxy groups -OCH3 is 1. The number of para-hydroxylation sites is 1. The number of carbonyl (C=O) groups is 2. The second kappa shape index (κ2) is 4.79. The molecule has 0 fully saturated rings. The lowest BCUT2D eigenvalue weighted by atomic mass is 10.0. The van der Waals surface area contributed by atoms with Crippen LogP contribution in [0.4, 0.5) is 11.4 Å². The molecular weight excluding hydrogens is 248 g/mol. The molecule has 0 saturated heterocycles. The van der Waals surface area contributed by atoms with Gasteiger partial charge in [0.25, 0.3) is 0 Å². The van der Waals surface area contributed by atoms with E-state index in [2.05, 4.69) is 0 Å². The highest BCUT2D eigenvalue weighted by molar-refractivity contribution is 6.07. The molecule has 0 aliphatic carbocycles.